The van der Waals surface area contributed by atoms with Crippen LogP contribution in [0.1, 0.15) is 16.8 Å². The number of carbonyl (C=O) groups is 2. The van der Waals surface area contributed by atoms with Crippen molar-refractivity contribution in [3.63, 3.8) is 0 Å². The fourth-order valence-corrected chi connectivity index (χ4v) is 3.67. The van der Waals surface area contributed by atoms with Crippen molar-refractivity contribution < 1.29 is 14.3 Å². The van der Waals surface area contributed by atoms with Crippen LogP contribution in [0.2, 0.25) is 5.02 Å². The number of anilines is 2. The molecule has 3 heterocycles. The van der Waals surface area contributed by atoms with Gasteiger partial charge in [0.25, 0.3) is 5.91 Å². The number of hydrogen-bond donors (Lipinski definition) is 1. The maximum atomic E-state index is 12.7. The Bertz CT molecular complexity index is 871. The molecule has 0 spiro atoms. The average Bonchev–Trinajstić information content (AvgIpc) is 3.10. The van der Waals surface area contributed by atoms with Crippen LogP contribution in [0.25, 0.3) is 0 Å². The fourth-order valence-electron chi connectivity index (χ4n) is 3.45. The molecule has 2 aliphatic heterocycles. The molecule has 0 bridgehead atoms. The van der Waals surface area contributed by atoms with Gasteiger partial charge in [0.1, 0.15) is 11.9 Å². The van der Waals surface area contributed by atoms with E-state index in [-0.39, 0.29) is 11.8 Å². The van der Waals surface area contributed by atoms with Crippen LogP contribution in [0.15, 0.2) is 42.6 Å². The molecule has 2 amide bonds. The van der Waals surface area contributed by atoms with Crippen molar-refractivity contribution in [2.75, 3.05) is 43.1 Å². The first-order valence-corrected chi connectivity index (χ1v) is 9.67. The van der Waals surface area contributed by atoms with Gasteiger partial charge in [-0.3, -0.25) is 9.59 Å². The average molecular weight is 401 g/mol. The molecule has 8 heteroatoms. The Morgan fingerprint density at radius 1 is 1.18 bits per heavy atom. The lowest BCUT2D eigenvalue weighted by Crippen LogP contribution is -2.40. The minimum atomic E-state index is -0.397. The first-order chi connectivity index (χ1) is 13.6. The molecule has 146 valence electrons. The zero-order chi connectivity index (χ0) is 19.5. The second kappa shape index (κ2) is 8.16. The standard InChI is InChI=1S/C20H21ClN4O3/c21-16-12-14(19(26)24-8-10-28-11-9-24)13-22-18(16)23-17-6-7-25(20(17)27)15-4-2-1-3-5-15/h1-5,12-13,17H,6-11H2,(H,22,23). The number of halogens is 1. The zero-order valence-corrected chi connectivity index (χ0v) is 16.1. The molecule has 28 heavy (non-hydrogen) atoms. The van der Waals surface area contributed by atoms with E-state index in [0.29, 0.717) is 55.7 Å². The predicted molar refractivity (Wildman–Crippen MR) is 107 cm³/mol. The highest BCUT2D eigenvalue weighted by Crippen LogP contribution is 2.26. The molecule has 0 radical (unpaired) electrons. The largest absolute Gasteiger partial charge is 0.378 e. The normalized spacial score (nSPS) is 19.8. The number of nitrogens with one attached hydrogen (secondary N) is 1. The second-order valence-corrected chi connectivity index (χ2v) is 7.18. The fraction of sp³-hybridized carbons (Fsp3) is 0.350. The summed E-state index contributed by atoms with van der Waals surface area (Å²) in [5, 5.41) is 3.45. The van der Waals surface area contributed by atoms with Crippen molar-refractivity contribution in [1.29, 1.82) is 0 Å². The number of benzene rings is 1. The van der Waals surface area contributed by atoms with E-state index in [1.165, 1.54) is 6.20 Å². The number of pyridine rings is 1. The van der Waals surface area contributed by atoms with Gasteiger partial charge in [-0.25, -0.2) is 4.98 Å². The number of aromatic nitrogens is 1. The molecule has 1 atom stereocenters. The molecule has 2 fully saturated rings. The molecule has 2 aromatic rings. The number of amides is 2. The van der Waals surface area contributed by atoms with Gasteiger partial charge in [0, 0.05) is 31.5 Å². The van der Waals surface area contributed by atoms with Crippen molar-refractivity contribution in [1.82, 2.24) is 9.88 Å². The Morgan fingerprint density at radius 2 is 1.93 bits per heavy atom. The van der Waals surface area contributed by atoms with Gasteiger partial charge < -0.3 is 19.9 Å². The molecule has 2 aliphatic rings. The second-order valence-electron chi connectivity index (χ2n) is 6.77. The molecule has 0 aliphatic carbocycles. The van der Waals surface area contributed by atoms with Crippen molar-refractivity contribution in [2.45, 2.75) is 12.5 Å². The van der Waals surface area contributed by atoms with Crippen LogP contribution >= 0.6 is 11.6 Å². The number of morpholine rings is 1. The Labute approximate surface area is 168 Å². The highest BCUT2D eigenvalue weighted by atomic mass is 35.5. The number of nitrogens with zero attached hydrogens (tertiary/aromatic N) is 3. The number of ether oxygens (including phenoxy) is 1. The molecule has 1 aromatic heterocycles. The third-order valence-corrected chi connectivity index (χ3v) is 5.26. The highest BCUT2D eigenvalue weighted by molar-refractivity contribution is 6.33. The molecule has 4 rings (SSSR count). The van der Waals surface area contributed by atoms with Crippen LogP contribution < -0.4 is 10.2 Å². The van der Waals surface area contributed by atoms with E-state index in [1.54, 1.807) is 15.9 Å². The lowest BCUT2D eigenvalue weighted by atomic mass is 10.2. The third-order valence-electron chi connectivity index (χ3n) is 4.97. The van der Waals surface area contributed by atoms with Gasteiger partial charge in [0.15, 0.2) is 0 Å². The number of rotatable bonds is 4. The first-order valence-electron chi connectivity index (χ1n) is 9.29. The van der Waals surface area contributed by atoms with Crippen molar-refractivity contribution in [3.05, 3.63) is 53.2 Å². The lowest BCUT2D eigenvalue weighted by Gasteiger charge is -2.26. The van der Waals surface area contributed by atoms with E-state index >= 15 is 0 Å². The topological polar surface area (TPSA) is 74.8 Å². The van der Waals surface area contributed by atoms with Crippen LogP contribution in [0, 0.1) is 0 Å². The van der Waals surface area contributed by atoms with Gasteiger partial charge in [-0.15, -0.1) is 0 Å². The highest BCUT2D eigenvalue weighted by Gasteiger charge is 2.33. The van der Waals surface area contributed by atoms with E-state index in [2.05, 4.69) is 10.3 Å². The van der Waals surface area contributed by atoms with E-state index in [0.717, 1.165) is 5.69 Å². The van der Waals surface area contributed by atoms with Gasteiger partial charge in [-0.1, -0.05) is 29.8 Å². The maximum Gasteiger partial charge on any atom is 0.255 e. The smallest absolute Gasteiger partial charge is 0.255 e. The third kappa shape index (κ3) is 3.81. The quantitative estimate of drug-likeness (QED) is 0.853. The van der Waals surface area contributed by atoms with Gasteiger partial charge in [-0.05, 0) is 24.6 Å². The summed E-state index contributed by atoms with van der Waals surface area (Å²) in [5.74, 6) is 0.280. The van der Waals surface area contributed by atoms with E-state index in [9.17, 15) is 9.59 Å². The molecular weight excluding hydrogens is 380 g/mol. The molecule has 1 unspecified atom stereocenters. The first kappa shape index (κ1) is 18.7. The summed E-state index contributed by atoms with van der Waals surface area (Å²) in [6, 6.07) is 10.8. The van der Waals surface area contributed by atoms with Gasteiger partial charge >= 0.3 is 0 Å². The Hall–Kier alpha value is -2.64. The van der Waals surface area contributed by atoms with Gasteiger partial charge in [-0.2, -0.15) is 0 Å². The molecule has 1 aromatic carbocycles. The molecular formula is C20H21ClN4O3. The van der Waals surface area contributed by atoms with Crippen LogP contribution in [-0.4, -0.2) is 60.6 Å². The minimum absolute atomic E-state index is 0.0162. The SMILES string of the molecule is O=C(c1cnc(NC2CCN(c3ccccc3)C2=O)c(Cl)c1)N1CCOCC1. The maximum absolute atomic E-state index is 12.7. The van der Waals surface area contributed by atoms with Crippen LogP contribution in [-0.2, 0) is 9.53 Å². The van der Waals surface area contributed by atoms with E-state index in [4.69, 9.17) is 16.3 Å². The van der Waals surface area contributed by atoms with Crippen LogP contribution in [0.4, 0.5) is 11.5 Å². The summed E-state index contributed by atoms with van der Waals surface area (Å²) in [6.07, 6.45) is 2.15. The summed E-state index contributed by atoms with van der Waals surface area (Å²) in [7, 11) is 0. The van der Waals surface area contributed by atoms with Crippen LogP contribution in [0.5, 0.6) is 0 Å². The molecule has 1 N–H and O–H groups in total. The zero-order valence-electron chi connectivity index (χ0n) is 15.3. The summed E-state index contributed by atoms with van der Waals surface area (Å²) in [6.45, 7) is 2.82. The van der Waals surface area contributed by atoms with E-state index < -0.39 is 6.04 Å². The number of hydrogen-bond acceptors (Lipinski definition) is 5. The van der Waals surface area contributed by atoms with E-state index in [1.807, 2.05) is 30.3 Å². The van der Waals surface area contributed by atoms with Crippen LogP contribution in [0.3, 0.4) is 0 Å². The summed E-state index contributed by atoms with van der Waals surface area (Å²) in [5.41, 5.74) is 1.31. The Kier molecular flexibility index (Phi) is 5.45. The summed E-state index contributed by atoms with van der Waals surface area (Å²) in [4.78, 5) is 33.0. The number of carbonyl (C=O) groups excluding carboxylic acids is 2. The summed E-state index contributed by atoms with van der Waals surface area (Å²) < 4.78 is 5.27. The minimum Gasteiger partial charge on any atom is -0.378 e. The van der Waals surface area contributed by atoms with Crippen molar-refractivity contribution >= 4 is 34.9 Å². The summed E-state index contributed by atoms with van der Waals surface area (Å²) >= 11 is 6.35. The molecule has 2 saturated heterocycles. The monoisotopic (exact) mass is 400 g/mol. The predicted octanol–water partition coefficient (Wildman–Crippen LogP) is 2.42. The Morgan fingerprint density at radius 3 is 2.64 bits per heavy atom. The Balaban J connectivity index is 1.44. The molecule has 7 nitrogen and oxygen atoms in total. The van der Waals surface area contributed by atoms with Gasteiger partial charge in [0.05, 0.1) is 23.8 Å². The lowest BCUT2D eigenvalue weighted by molar-refractivity contribution is -0.117. The molecule has 0 saturated carbocycles. The van der Waals surface area contributed by atoms with Crippen molar-refractivity contribution in [2.24, 2.45) is 0 Å². The number of para-hydroxylation sites is 1. The van der Waals surface area contributed by atoms with Gasteiger partial charge in [0.2, 0.25) is 5.91 Å². The van der Waals surface area contributed by atoms with Crippen molar-refractivity contribution in [3.8, 4) is 0 Å².